The summed E-state index contributed by atoms with van der Waals surface area (Å²) >= 11 is 0. The van der Waals surface area contributed by atoms with Gasteiger partial charge in [0, 0.05) is 12.7 Å². The van der Waals surface area contributed by atoms with Gasteiger partial charge in [-0.15, -0.1) is 12.4 Å². The third-order valence-corrected chi connectivity index (χ3v) is 0.912. The lowest BCUT2D eigenvalue weighted by molar-refractivity contribution is 0.969. The minimum atomic E-state index is 0. The van der Waals surface area contributed by atoms with Crippen molar-refractivity contribution in [3.05, 3.63) is 18.1 Å². The average molecular weight is 161 g/mol. The maximum Gasteiger partial charge on any atom is 0.142 e. The normalized spacial score (nSPS) is 8.50. The van der Waals surface area contributed by atoms with Crippen molar-refractivity contribution in [3.8, 4) is 0 Å². The summed E-state index contributed by atoms with van der Waals surface area (Å²) in [5, 5.41) is 0. The van der Waals surface area contributed by atoms with Gasteiger partial charge in [-0.05, 0) is 0 Å². The Hall–Kier alpha value is -0.870. The van der Waals surface area contributed by atoms with Crippen LogP contribution >= 0.6 is 12.4 Å². The Balaban J connectivity index is 0.000000810. The lowest BCUT2D eigenvalue weighted by Crippen LogP contribution is -2.02. The van der Waals surface area contributed by atoms with Crippen molar-refractivity contribution in [2.24, 2.45) is 5.73 Å². The van der Waals surface area contributed by atoms with E-state index < -0.39 is 0 Å². The van der Waals surface area contributed by atoms with E-state index in [0.29, 0.717) is 12.4 Å². The molecule has 0 aliphatic heterocycles. The maximum absolute atomic E-state index is 5.30. The molecule has 0 atom stereocenters. The fourth-order valence-corrected chi connectivity index (χ4v) is 0.522. The largest absolute Gasteiger partial charge is 0.382 e. The first kappa shape index (κ1) is 9.13. The molecule has 0 amide bonds. The molecule has 0 saturated carbocycles. The number of aromatic nitrogens is 2. The van der Waals surface area contributed by atoms with Crippen LogP contribution < -0.4 is 11.5 Å². The second kappa shape index (κ2) is 4.03. The summed E-state index contributed by atoms with van der Waals surface area (Å²) < 4.78 is 0. The van der Waals surface area contributed by atoms with Gasteiger partial charge in [-0.1, -0.05) is 0 Å². The summed E-state index contributed by atoms with van der Waals surface area (Å²) in [7, 11) is 0. The van der Waals surface area contributed by atoms with Gasteiger partial charge in [-0.2, -0.15) is 0 Å². The second-order valence-electron chi connectivity index (χ2n) is 1.64. The van der Waals surface area contributed by atoms with Gasteiger partial charge in [0.25, 0.3) is 0 Å². The summed E-state index contributed by atoms with van der Waals surface area (Å²) in [6, 6.07) is 0. The third kappa shape index (κ3) is 2.16. The first-order valence-corrected chi connectivity index (χ1v) is 2.59. The standard InChI is InChI=1S/C5H8N4.ClH/c6-1-4-2-8-3-5(7)9-4;/h2-3H,1,6H2,(H2,7,9);1H. The van der Waals surface area contributed by atoms with Crippen LogP contribution in [0.4, 0.5) is 5.82 Å². The Morgan fingerprint density at radius 1 is 1.40 bits per heavy atom. The van der Waals surface area contributed by atoms with Crippen molar-refractivity contribution in [3.63, 3.8) is 0 Å². The highest BCUT2D eigenvalue weighted by molar-refractivity contribution is 5.85. The van der Waals surface area contributed by atoms with Crippen LogP contribution in [0.3, 0.4) is 0 Å². The Morgan fingerprint density at radius 3 is 2.50 bits per heavy atom. The van der Waals surface area contributed by atoms with Crippen molar-refractivity contribution in [1.29, 1.82) is 0 Å². The van der Waals surface area contributed by atoms with E-state index in [0.717, 1.165) is 5.69 Å². The van der Waals surface area contributed by atoms with Crippen molar-refractivity contribution >= 4 is 18.2 Å². The van der Waals surface area contributed by atoms with E-state index in [1.807, 2.05) is 0 Å². The minimum absolute atomic E-state index is 0. The van der Waals surface area contributed by atoms with E-state index in [4.69, 9.17) is 11.5 Å². The first-order chi connectivity index (χ1) is 4.33. The molecule has 0 unspecified atom stereocenters. The van der Waals surface area contributed by atoms with E-state index >= 15 is 0 Å². The summed E-state index contributed by atoms with van der Waals surface area (Å²) in [4.78, 5) is 7.67. The Labute approximate surface area is 65.1 Å². The van der Waals surface area contributed by atoms with Crippen LogP contribution in [0, 0.1) is 0 Å². The average Bonchev–Trinajstić information content (AvgIpc) is 1.88. The zero-order valence-corrected chi connectivity index (χ0v) is 6.14. The van der Waals surface area contributed by atoms with Crippen molar-refractivity contribution in [1.82, 2.24) is 9.97 Å². The van der Waals surface area contributed by atoms with Gasteiger partial charge in [0.05, 0.1) is 11.9 Å². The highest BCUT2D eigenvalue weighted by Gasteiger charge is 1.89. The van der Waals surface area contributed by atoms with Crippen LogP contribution in [0.25, 0.3) is 0 Å². The molecule has 0 aliphatic carbocycles. The lowest BCUT2D eigenvalue weighted by atomic mass is 10.4. The molecule has 1 aromatic heterocycles. The molecule has 0 bridgehead atoms. The second-order valence-corrected chi connectivity index (χ2v) is 1.64. The topological polar surface area (TPSA) is 77.8 Å². The van der Waals surface area contributed by atoms with E-state index in [1.54, 1.807) is 6.20 Å². The smallest absolute Gasteiger partial charge is 0.142 e. The van der Waals surface area contributed by atoms with Gasteiger partial charge >= 0.3 is 0 Å². The highest BCUT2D eigenvalue weighted by Crippen LogP contribution is 1.93. The molecule has 0 aromatic carbocycles. The molecular weight excluding hydrogens is 152 g/mol. The van der Waals surface area contributed by atoms with Gasteiger partial charge in [0.1, 0.15) is 5.82 Å². The van der Waals surface area contributed by atoms with Crippen LogP contribution in [0.15, 0.2) is 12.4 Å². The van der Waals surface area contributed by atoms with Crippen LogP contribution in [-0.2, 0) is 6.54 Å². The molecule has 4 nitrogen and oxygen atoms in total. The quantitative estimate of drug-likeness (QED) is 0.604. The summed E-state index contributed by atoms with van der Waals surface area (Å²) in [6.07, 6.45) is 3.08. The number of hydrogen-bond donors (Lipinski definition) is 2. The predicted molar refractivity (Wildman–Crippen MR) is 41.6 cm³/mol. The van der Waals surface area contributed by atoms with Crippen LogP contribution in [0.2, 0.25) is 0 Å². The van der Waals surface area contributed by atoms with Crippen molar-refractivity contribution in [2.75, 3.05) is 5.73 Å². The van der Waals surface area contributed by atoms with Crippen molar-refractivity contribution < 1.29 is 0 Å². The van der Waals surface area contributed by atoms with E-state index in [9.17, 15) is 0 Å². The van der Waals surface area contributed by atoms with Gasteiger partial charge in [-0.25, -0.2) is 4.98 Å². The summed E-state index contributed by atoms with van der Waals surface area (Å²) in [5.74, 6) is 0.415. The van der Waals surface area contributed by atoms with E-state index in [1.165, 1.54) is 6.20 Å². The van der Waals surface area contributed by atoms with Crippen LogP contribution in [0.5, 0.6) is 0 Å². The first-order valence-electron chi connectivity index (χ1n) is 2.59. The zero-order valence-electron chi connectivity index (χ0n) is 5.32. The van der Waals surface area contributed by atoms with Gasteiger partial charge < -0.3 is 11.5 Å². The molecule has 10 heavy (non-hydrogen) atoms. The molecule has 0 fully saturated rings. The molecule has 1 heterocycles. The van der Waals surface area contributed by atoms with Gasteiger partial charge in [0.2, 0.25) is 0 Å². The molecular formula is C5H9ClN4. The Bertz CT molecular complexity index is 203. The fourth-order valence-electron chi connectivity index (χ4n) is 0.522. The van der Waals surface area contributed by atoms with E-state index in [-0.39, 0.29) is 12.4 Å². The molecule has 1 rings (SSSR count). The molecule has 4 N–H and O–H groups in total. The molecule has 56 valence electrons. The molecule has 0 spiro atoms. The number of rotatable bonds is 1. The minimum Gasteiger partial charge on any atom is -0.382 e. The molecule has 0 radical (unpaired) electrons. The number of nitrogens with zero attached hydrogens (tertiary/aromatic N) is 2. The number of anilines is 1. The van der Waals surface area contributed by atoms with Crippen LogP contribution in [0.1, 0.15) is 5.69 Å². The number of nitrogen functional groups attached to an aromatic ring is 1. The van der Waals surface area contributed by atoms with Crippen LogP contribution in [-0.4, -0.2) is 9.97 Å². The number of halogens is 1. The SMILES string of the molecule is Cl.NCc1cncc(N)n1. The molecule has 0 aliphatic rings. The number of hydrogen-bond acceptors (Lipinski definition) is 4. The molecule has 1 aromatic rings. The van der Waals surface area contributed by atoms with E-state index in [2.05, 4.69) is 9.97 Å². The molecule has 0 saturated heterocycles. The van der Waals surface area contributed by atoms with Crippen molar-refractivity contribution in [2.45, 2.75) is 6.54 Å². The third-order valence-electron chi connectivity index (χ3n) is 0.912. The summed E-state index contributed by atoms with van der Waals surface area (Å²) in [5.41, 5.74) is 11.3. The maximum atomic E-state index is 5.30. The van der Waals surface area contributed by atoms with Gasteiger partial charge in [0.15, 0.2) is 0 Å². The number of nitrogens with two attached hydrogens (primary N) is 2. The summed E-state index contributed by atoms with van der Waals surface area (Å²) in [6.45, 7) is 0.387. The monoisotopic (exact) mass is 160 g/mol. The Morgan fingerprint density at radius 2 is 2.10 bits per heavy atom. The zero-order chi connectivity index (χ0) is 6.69. The highest BCUT2D eigenvalue weighted by atomic mass is 35.5. The fraction of sp³-hybridized carbons (Fsp3) is 0.200. The Kier molecular flexibility index (Phi) is 3.68. The van der Waals surface area contributed by atoms with Gasteiger partial charge in [-0.3, -0.25) is 4.98 Å². The predicted octanol–water partition coefficient (Wildman–Crippen LogP) is -0.0607. The lowest BCUT2D eigenvalue weighted by Gasteiger charge is -1.93. The molecule has 5 heteroatoms.